The number of carbonyl (C=O) groups excluding carboxylic acids is 1. The molecule has 1 aromatic carbocycles. The quantitative estimate of drug-likeness (QED) is 0.839. The largest absolute Gasteiger partial charge is 0.339 e. The molecule has 1 N–H and O–H groups in total. The molecule has 0 bridgehead atoms. The number of likely N-dealkylation sites (tertiary alicyclic amines) is 1. The van der Waals surface area contributed by atoms with Crippen molar-refractivity contribution in [1.82, 2.24) is 10.2 Å². The van der Waals surface area contributed by atoms with Crippen LogP contribution in [-0.2, 0) is 0 Å². The highest BCUT2D eigenvalue weighted by Gasteiger charge is 2.37. The fourth-order valence-electron chi connectivity index (χ4n) is 3.47. The minimum absolute atomic E-state index is 0.0647. The first-order chi connectivity index (χ1) is 10.1. The van der Waals surface area contributed by atoms with Crippen LogP contribution in [0.1, 0.15) is 36.0 Å². The Morgan fingerprint density at radius 2 is 1.86 bits per heavy atom. The summed E-state index contributed by atoms with van der Waals surface area (Å²) in [5, 5.41) is 3.40. The second-order valence-corrected chi connectivity index (χ2v) is 7.02. The molecule has 2 aliphatic rings. The van der Waals surface area contributed by atoms with Gasteiger partial charge < -0.3 is 10.2 Å². The smallest absolute Gasteiger partial charge is 0.255 e. The zero-order valence-electron chi connectivity index (χ0n) is 12.0. The van der Waals surface area contributed by atoms with Gasteiger partial charge in [-0.2, -0.15) is 0 Å². The van der Waals surface area contributed by atoms with E-state index in [1.807, 2.05) is 4.90 Å². The molecule has 1 aromatic rings. The lowest BCUT2D eigenvalue weighted by atomic mass is 9.71. The molecule has 1 spiro atoms. The predicted octanol–water partition coefficient (Wildman–Crippen LogP) is 3.19. The lowest BCUT2D eigenvalue weighted by Crippen LogP contribution is -2.47. The summed E-state index contributed by atoms with van der Waals surface area (Å²) >= 11 is 3.35. The third kappa shape index (κ3) is 3.14. The summed E-state index contributed by atoms with van der Waals surface area (Å²) in [6.45, 7) is 3.73. The van der Waals surface area contributed by atoms with E-state index in [1.165, 1.54) is 25.0 Å². The Morgan fingerprint density at radius 3 is 2.52 bits per heavy atom. The monoisotopic (exact) mass is 354 g/mol. The topological polar surface area (TPSA) is 32.3 Å². The number of piperidine rings is 2. The van der Waals surface area contributed by atoms with Crippen molar-refractivity contribution in [1.29, 1.82) is 0 Å². The number of rotatable bonds is 1. The normalized spacial score (nSPS) is 21.5. The molecule has 5 heteroatoms. The van der Waals surface area contributed by atoms with Crippen molar-refractivity contribution in [2.75, 3.05) is 26.2 Å². The van der Waals surface area contributed by atoms with Crippen molar-refractivity contribution in [3.63, 3.8) is 0 Å². The average molecular weight is 355 g/mol. The molecule has 2 saturated heterocycles. The van der Waals surface area contributed by atoms with Crippen LogP contribution in [0.15, 0.2) is 22.7 Å². The van der Waals surface area contributed by atoms with E-state index in [4.69, 9.17) is 0 Å². The molecule has 0 radical (unpaired) electrons. The highest BCUT2D eigenvalue weighted by Crippen LogP contribution is 2.39. The summed E-state index contributed by atoms with van der Waals surface area (Å²) in [6.07, 6.45) is 4.54. The summed E-state index contributed by atoms with van der Waals surface area (Å²) in [7, 11) is 0. The van der Waals surface area contributed by atoms with Crippen LogP contribution >= 0.6 is 15.9 Å². The van der Waals surface area contributed by atoms with Gasteiger partial charge in [-0.3, -0.25) is 4.79 Å². The molecule has 0 aromatic heterocycles. The van der Waals surface area contributed by atoms with E-state index < -0.39 is 0 Å². The molecule has 2 heterocycles. The number of hydrogen-bond donors (Lipinski definition) is 1. The Morgan fingerprint density at radius 1 is 1.19 bits per heavy atom. The Balaban J connectivity index is 1.69. The fourth-order valence-corrected chi connectivity index (χ4v) is 3.89. The number of amides is 1. The fraction of sp³-hybridized carbons (Fsp3) is 0.562. The maximum absolute atomic E-state index is 13.4. The van der Waals surface area contributed by atoms with E-state index in [0.717, 1.165) is 39.0 Å². The maximum Gasteiger partial charge on any atom is 0.255 e. The summed E-state index contributed by atoms with van der Waals surface area (Å²) < 4.78 is 14.0. The molecular formula is C16H20BrFN2O. The number of halogens is 2. The molecule has 3 rings (SSSR count). The van der Waals surface area contributed by atoms with Gasteiger partial charge in [-0.05, 0) is 78.3 Å². The third-order valence-electron chi connectivity index (χ3n) is 4.93. The van der Waals surface area contributed by atoms with Gasteiger partial charge in [0.1, 0.15) is 5.82 Å². The molecule has 3 nitrogen and oxygen atoms in total. The predicted molar refractivity (Wildman–Crippen MR) is 83.8 cm³/mol. The first-order valence-corrected chi connectivity index (χ1v) is 8.34. The summed E-state index contributed by atoms with van der Waals surface area (Å²) in [4.78, 5) is 14.4. The van der Waals surface area contributed by atoms with Gasteiger partial charge in [0.25, 0.3) is 5.91 Å². The average Bonchev–Trinajstić information content (AvgIpc) is 2.51. The minimum atomic E-state index is -0.367. The van der Waals surface area contributed by atoms with Crippen LogP contribution in [0.3, 0.4) is 0 Å². The van der Waals surface area contributed by atoms with Gasteiger partial charge in [-0.15, -0.1) is 0 Å². The number of nitrogens with one attached hydrogen (secondary N) is 1. The second-order valence-electron chi connectivity index (χ2n) is 6.17. The molecule has 0 saturated carbocycles. The lowest BCUT2D eigenvalue weighted by molar-refractivity contribution is 0.0494. The molecule has 2 aliphatic heterocycles. The van der Waals surface area contributed by atoms with E-state index in [1.54, 1.807) is 6.07 Å². The highest BCUT2D eigenvalue weighted by molar-refractivity contribution is 9.10. The van der Waals surface area contributed by atoms with Gasteiger partial charge in [0.2, 0.25) is 0 Å². The van der Waals surface area contributed by atoms with Crippen molar-refractivity contribution in [3.05, 3.63) is 34.1 Å². The third-order valence-corrected chi connectivity index (χ3v) is 5.63. The van der Waals surface area contributed by atoms with Gasteiger partial charge in [0.15, 0.2) is 0 Å². The maximum atomic E-state index is 13.4. The lowest BCUT2D eigenvalue weighted by Gasteiger charge is -2.44. The van der Waals surface area contributed by atoms with E-state index in [-0.39, 0.29) is 11.7 Å². The zero-order chi connectivity index (χ0) is 14.9. The van der Waals surface area contributed by atoms with Gasteiger partial charge in [0, 0.05) is 17.6 Å². The van der Waals surface area contributed by atoms with E-state index in [0.29, 0.717) is 15.5 Å². The SMILES string of the molecule is O=C(c1cc(F)ccc1Br)N1CCC2(CCNCC2)CC1. The molecule has 0 atom stereocenters. The van der Waals surface area contributed by atoms with Crippen LogP contribution in [0.2, 0.25) is 0 Å². The first-order valence-electron chi connectivity index (χ1n) is 7.55. The summed E-state index contributed by atoms with van der Waals surface area (Å²) in [6, 6.07) is 4.28. The Hall–Kier alpha value is -0.940. The molecule has 1 amide bonds. The van der Waals surface area contributed by atoms with Crippen LogP contribution in [0.25, 0.3) is 0 Å². The van der Waals surface area contributed by atoms with Crippen molar-refractivity contribution >= 4 is 21.8 Å². The molecule has 114 valence electrons. The Kier molecular flexibility index (Phi) is 4.31. The number of carbonyl (C=O) groups is 1. The van der Waals surface area contributed by atoms with Gasteiger partial charge in [-0.1, -0.05) is 0 Å². The van der Waals surface area contributed by atoms with Crippen LogP contribution in [0, 0.1) is 11.2 Å². The summed E-state index contributed by atoms with van der Waals surface area (Å²) in [5.41, 5.74) is 0.845. The molecular weight excluding hydrogens is 335 g/mol. The van der Waals surface area contributed by atoms with Crippen LogP contribution in [0.5, 0.6) is 0 Å². The standard InChI is InChI=1S/C16H20BrFN2O/c17-14-2-1-12(18)11-13(14)15(21)20-9-5-16(6-10-20)3-7-19-8-4-16/h1-2,11,19H,3-10H2. The van der Waals surface area contributed by atoms with E-state index in [2.05, 4.69) is 21.2 Å². The highest BCUT2D eigenvalue weighted by atomic mass is 79.9. The van der Waals surface area contributed by atoms with Gasteiger partial charge >= 0.3 is 0 Å². The molecule has 2 fully saturated rings. The van der Waals surface area contributed by atoms with E-state index >= 15 is 0 Å². The van der Waals surface area contributed by atoms with Gasteiger partial charge in [-0.25, -0.2) is 4.39 Å². The first kappa shape index (κ1) is 15.0. The van der Waals surface area contributed by atoms with Gasteiger partial charge in [0.05, 0.1) is 5.56 Å². The molecule has 0 aliphatic carbocycles. The molecule has 21 heavy (non-hydrogen) atoms. The zero-order valence-corrected chi connectivity index (χ0v) is 13.6. The van der Waals surface area contributed by atoms with Crippen molar-refractivity contribution in [2.24, 2.45) is 5.41 Å². The van der Waals surface area contributed by atoms with Crippen LogP contribution in [0.4, 0.5) is 4.39 Å². The summed E-state index contributed by atoms with van der Waals surface area (Å²) in [5.74, 6) is -0.432. The Labute approximate surface area is 133 Å². The minimum Gasteiger partial charge on any atom is -0.339 e. The van der Waals surface area contributed by atoms with Crippen molar-refractivity contribution in [2.45, 2.75) is 25.7 Å². The molecule has 0 unspecified atom stereocenters. The number of nitrogens with zero attached hydrogens (tertiary/aromatic N) is 1. The van der Waals surface area contributed by atoms with Crippen LogP contribution < -0.4 is 5.32 Å². The Bertz CT molecular complexity index is 533. The van der Waals surface area contributed by atoms with E-state index in [9.17, 15) is 9.18 Å². The number of benzene rings is 1. The van der Waals surface area contributed by atoms with Crippen LogP contribution in [-0.4, -0.2) is 37.0 Å². The van der Waals surface area contributed by atoms with Crippen molar-refractivity contribution in [3.8, 4) is 0 Å². The second kappa shape index (κ2) is 6.05. The number of hydrogen-bond acceptors (Lipinski definition) is 2. The van der Waals surface area contributed by atoms with Crippen molar-refractivity contribution < 1.29 is 9.18 Å².